The maximum absolute atomic E-state index is 13.1. The van der Waals surface area contributed by atoms with E-state index in [0.29, 0.717) is 17.9 Å². The van der Waals surface area contributed by atoms with Crippen molar-refractivity contribution in [3.05, 3.63) is 118 Å². The predicted molar refractivity (Wildman–Crippen MR) is 150 cm³/mol. The van der Waals surface area contributed by atoms with Gasteiger partial charge in [-0.05, 0) is 66.6 Å². The first-order valence-electron chi connectivity index (χ1n) is 11.8. The van der Waals surface area contributed by atoms with Gasteiger partial charge in [0, 0.05) is 28.8 Å². The second kappa shape index (κ2) is 12.1. The van der Waals surface area contributed by atoms with Crippen LogP contribution >= 0.6 is 11.8 Å². The highest BCUT2D eigenvalue weighted by molar-refractivity contribution is 7.99. The van der Waals surface area contributed by atoms with E-state index in [9.17, 15) is 27.7 Å². The van der Waals surface area contributed by atoms with Crippen LogP contribution in [0.2, 0.25) is 0 Å². The van der Waals surface area contributed by atoms with E-state index in [1.54, 1.807) is 36.0 Å². The highest BCUT2D eigenvalue weighted by Gasteiger charge is 2.24. The molecule has 0 aliphatic heterocycles. The van der Waals surface area contributed by atoms with Gasteiger partial charge in [0.25, 0.3) is 21.6 Å². The maximum Gasteiger partial charge on any atom is 0.293 e. The molecule has 0 unspecified atom stereocenters. The number of carbonyl (C=O) groups excluding carboxylic acids is 1. The number of rotatable bonds is 10. The van der Waals surface area contributed by atoms with Gasteiger partial charge in [-0.15, -0.1) is 11.8 Å². The molecule has 8 nitrogen and oxygen atoms in total. The Morgan fingerprint density at radius 3 is 2.26 bits per heavy atom. The minimum Gasteiger partial charge on any atom is -0.379 e. The van der Waals surface area contributed by atoms with E-state index in [0.717, 1.165) is 22.1 Å². The number of aryl methyl sites for hydroxylation is 1. The molecule has 4 aromatic carbocycles. The van der Waals surface area contributed by atoms with Crippen molar-refractivity contribution in [2.75, 3.05) is 17.6 Å². The van der Waals surface area contributed by atoms with Crippen molar-refractivity contribution in [3.8, 4) is 11.1 Å². The lowest BCUT2D eigenvalue weighted by molar-refractivity contribution is -0.384. The van der Waals surface area contributed by atoms with Crippen molar-refractivity contribution in [1.82, 2.24) is 4.72 Å². The SMILES string of the molecule is Cc1cccc(SCCNc2ccc(S(=O)(=O)NC(=O)c3ccc(-c4ccc(F)cc4)cc3)cc2[N+](=O)[O-])c1. The van der Waals surface area contributed by atoms with Crippen LogP contribution in [-0.2, 0) is 10.0 Å². The van der Waals surface area contributed by atoms with E-state index >= 15 is 0 Å². The Bertz CT molecular complexity index is 1610. The molecule has 2 N–H and O–H groups in total. The molecule has 11 heteroatoms. The number of benzene rings is 4. The third-order valence-electron chi connectivity index (χ3n) is 5.70. The number of amides is 1. The van der Waals surface area contributed by atoms with Gasteiger partial charge in [-0.1, -0.05) is 42.0 Å². The molecule has 0 saturated heterocycles. The smallest absolute Gasteiger partial charge is 0.293 e. The maximum atomic E-state index is 13.1. The lowest BCUT2D eigenvalue weighted by Gasteiger charge is -2.11. The Kier molecular flexibility index (Phi) is 8.62. The molecule has 4 aromatic rings. The number of hydrogen-bond donors (Lipinski definition) is 2. The zero-order chi connectivity index (χ0) is 28.0. The number of nitro groups is 1. The van der Waals surface area contributed by atoms with Crippen molar-refractivity contribution in [1.29, 1.82) is 0 Å². The monoisotopic (exact) mass is 565 g/mol. The van der Waals surface area contributed by atoms with Gasteiger partial charge in [-0.3, -0.25) is 14.9 Å². The van der Waals surface area contributed by atoms with E-state index < -0.39 is 31.4 Å². The van der Waals surface area contributed by atoms with Gasteiger partial charge in [0.15, 0.2) is 0 Å². The molecule has 0 atom stereocenters. The number of carbonyl (C=O) groups is 1. The van der Waals surface area contributed by atoms with Gasteiger partial charge < -0.3 is 5.32 Å². The van der Waals surface area contributed by atoms with Crippen molar-refractivity contribution >= 4 is 39.1 Å². The minimum atomic E-state index is -4.39. The Labute approximate surface area is 229 Å². The van der Waals surface area contributed by atoms with Crippen molar-refractivity contribution < 1.29 is 22.5 Å². The number of nitrogens with zero attached hydrogens (tertiary/aromatic N) is 1. The van der Waals surface area contributed by atoms with E-state index in [2.05, 4.69) is 5.32 Å². The van der Waals surface area contributed by atoms with E-state index in [1.807, 2.05) is 35.9 Å². The number of nitro benzene ring substituents is 1. The van der Waals surface area contributed by atoms with Crippen molar-refractivity contribution in [2.24, 2.45) is 0 Å². The van der Waals surface area contributed by atoms with Gasteiger partial charge in [-0.2, -0.15) is 0 Å². The predicted octanol–water partition coefficient (Wildman–Crippen LogP) is 6.03. The first kappa shape index (κ1) is 27.8. The molecule has 0 aliphatic carbocycles. The largest absolute Gasteiger partial charge is 0.379 e. The van der Waals surface area contributed by atoms with Crippen LogP contribution in [0.5, 0.6) is 0 Å². The lowest BCUT2D eigenvalue weighted by Crippen LogP contribution is -2.30. The summed E-state index contributed by atoms with van der Waals surface area (Å²) in [5, 5.41) is 14.6. The molecule has 0 heterocycles. The van der Waals surface area contributed by atoms with Crippen LogP contribution in [0.15, 0.2) is 101 Å². The van der Waals surface area contributed by atoms with Crippen LogP contribution in [-0.4, -0.2) is 31.5 Å². The summed E-state index contributed by atoms with van der Waals surface area (Å²) in [5.41, 5.74) is 2.40. The van der Waals surface area contributed by atoms with Gasteiger partial charge in [0.05, 0.1) is 9.82 Å². The summed E-state index contributed by atoms with van der Waals surface area (Å²) in [4.78, 5) is 24.3. The summed E-state index contributed by atoms with van der Waals surface area (Å²) < 4.78 is 40.8. The summed E-state index contributed by atoms with van der Waals surface area (Å²) in [6, 6.07) is 23.3. The Morgan fingerprint density at radius 1 is 0.949 bits per heavy atom. The molecule has 0 aromatic heterocycles. The average Bonchev–Trinajstić information content (AvgIpc) is 2.91. The number of hydrogen-bond acceptors (Lipinski definition) is 7. The van der Waals surface area contributed by atoms with Crippen LogP contribution in [0.4, 0.5) is 15.8 Å². The first-order chi connectivity index (χ1) is 18.6. The molecule has 0 radical (unpaired) electrons. The standard InChI is InChI=1S/C28H24FN3O5S2/c1-19-3-2-4-24(17-19)38-16-15-30-26-14-13-25(18-27(26)32(34)35)39(36,37)31-28(33)22-7-5-20(6-8-22)21-9-11-23(29)12-10-21/h2-14,17-18,30H,15-16H2,1H3,(H,31,33). The molecule has 0 fully saturated rings. The van der Waals surface area contributed by atoms with E-state index in [4.69, 9.17) is 0 Å². The number of anilines is 1. The van der Waals surface area contributed by atoms with Crippen molar-refractivity contribution in [2.45, 2.75) is 16.7 Å². The van der Waals surface area contributed by atoms with Crippen molar-refractivity contribution in [3.63, 3.8) is 0 Å². The average molecular weight is 566 g/mol. The second-order valence-corrected chi connectivity index (χ2v) is 11.4. The lowest BCUT2D eigenvalue weighted by atomic mass is 10.0. The fourth-order valence-electron chi connectivity index (χ4n) is 3.74. The highest BCUT2D eigenvalue weighted by atomic mass is 32.2. The molecular formula is C28H24FN3O5S2. The Hall–Kier alpha value is -4.22. The molecule has 0 aliphatic rings. The summed E-state index contributed by atoms with van der Waals surface area (Å²) >= 11 is 1.59. The summed E-state index contributed by atoms with van der Waals surface area (Å²) in [6.45, 7) is 2.41. The number of halogens is 1. The van der Waals surface area contributed by atoms with E-state index in [1.165, 1.54) is 36.4 Å². The molecule has 0 spiro atoms. The van der Waals surface area contributed by atoms with Gasteiger partial charge in [0.2, 0.25) is 0 Å². The third-order valence-corrected chi connectivity index (χ3v) is 8.03. The summed E-state index contributed by atoms with van der Waals surface area (Å²) in [6.07, 6.45) is 0. The molecule has 0 saturated carbocycles. The first-order valence-corrected chi connectivity index (χ1v) is 14.2. The van der Waals surface area contributed by atoms with E-state index in [-0.39, 0.29) is 17.1 Å². The topological polar surface area (TPSA) is 118 Å². The quantitative estimate of drug-likeness (QED) is 0.104. The fourth-order valence-corrected chi connectivity index (χ4v) is 5.61. The molecule has 1 amide bonds. The van der Waals surface area contributed by atoms with Crippen LogP contribution in [0, 0.1) is 22.9 Å². The van der Waals surface area contributed by atoms with Crippen LogP contribution in [0.3, 0.4) is 0 Å². The number of nitrogens with one attached hydrogen (secondary N) is 2. The van der Waals surface area contributed by atoms with Crippen LogP contribution in [0.25, 0.3) is 11.1 Å². The molecule has 0 bridgehead atoms. The minimum absolute atomic E-state index is 0.0725. The number of sulfonamides is 1. The van der Waals surface area contributed by atoms with Gasteiger partial charge in [0.1, 0.15) is 11.5 Å². The molecule has 4 rings (SSSR count). The zero-order valence-electron chi connectivity index (χ0n) is 20.8. The normalized spacial score (nSPS) is 11.1. The molecule has 200 valence electrons. The molecular weight excluding hydrogens is 541 g/mol. The van der Waals surface area contributed by atoms with Crippen LogP contribution < -0.4 is 10.0 Å². The third kappa shape index (κ3) is 7.21. The Balaban J connectivity index is 1.42. The summed E-state index contributed by atoms with van der Waals surface area (Å²) in [5.74, 6) is -0.628. The van der Waals surface area contributed by atoms with Gasteiger partial charge in [-0.25, -0.2) is 17.5 Å². The fraction of sp³-hybridized carbons (Fsp3) is 0.107. The Morgan fingerprint density at radius 2 is 1.62 bits per heavy atom. The van der Waals surface area contributed by atoms with Crippen LogP contribution in [0.1, 0.15) is 15.9 Å². The number of thioether (sulfide) groups is 1. The molecule has 39 heavy (non-hydrogen) atoms. The summed E-state index contributed by atoms with van der Waals surface area (Å²) in [7, 11) is -4.39. The highest BCUT2D eigenvalue weighted by Crippen LogP contribution is 2.28. The van der Waals surface area contributed by atoms with Gasteiger partial charge >= 0.3 is 0 Å². The second-order valence-electron chi connectivity index (χ2n) is 8.55. The zero-order valence-corrected chi connectivity index (χ0v) is 22.4.